The molecule has 2 N–H and O–H groups in total. The van der Waals surface area contributed by atoms with Gasteiger partial charge in [-0.15, -0.1) is 0 Å². The van der Waals surface area contributed by atoms with Crippen LogP contribution in [0.1, 0.15) is 18.4 Å². The van der Waals surface area contributed by atoms with E-state index >= 15 is 0 Å². The Kier molecular flexibility index (Phi) is 6.79. The lowest BCUT2D eigenvalue weighted by atomic mass is 10.2. The Hall–Kier alpha value is -1.15. The van der Waals surface area contributed by atoms with Crippen LogP contribution in [0.5, 0.6) is 5.75 Å². The summed E-state index contributed by atoms with van der Waals surface area (Å²) in [5.41, 5.74) is 6.31. The Morgan fingerprint density at radius 2 is 2.40 bits per heavy atom. The Labute approximate surface area is 125 Å². The fraction of sp³-hybridized carbons (Fsp3) is 0.500. The van der Waals surface area contributed by atoms with E-state index in [4.69, 9.17) is 15.2 Å². The van der Waals surface area contributed by atoms with Crippen LogP contribution >= 0.6 is 11.8 Å². The fourth-order valence-corrected chi connectivity index (χ4v) is 2.92. The first-order valence-corrected chi connectivity index (χ1v) is 8.15. The largest absolute Gasteiger partial charge is 0.493 e. The second-order valence-corrected chi connectivity index (χ2v) is 5.74. The maximum atomic E-state index is 5.73. The maximum absolute atomic E-state index is 5.73. The summed E-state index contributed by atoms with van der Waals surface area (Å²) in [4.78, 5) is 0. The lowest BCUT2D eigenvalue weighted by Gasteiger charge is -2.09. The quantitative estimate of drug-likeness (QED) is 0.645. The van der Waals surface area contributed by atoms with Crippen molar-refractivity contribution in [3.8, 4) is 17.6 Å². The first-order chi connectivity index (χ1) is 9.88. The molecule has 1 fully saturated rings. The van der Waals surface area contributed by atoms with E-state index in [2.05, 4.69) is 11.8 Å². The van der Waals surface area contributed by atoms with Gasteiger partial charge in [-0.2, -0.15) is 11.8 Å². The number of ether oxygens (including phenoxy) is 2. The minimum Gasteiger partial charge on any atom is -0.493 e. The van der Waals surface area contributed by atoms with Gasteiger partial charge in [-0.05, 0) is 31.0 Å². The van der Waals surface area contributed by atoms with Crippen molar-refractivity contribution in [3.63, 3.8) is 0 Å². The zero-order chi connectivity index (χ0) is 14.0. The minimum absolute atomic E-state index is 0.380. The number of hydrogen-bond acceptors (Lipinski definition) is 4. The molecule has 1 aliphatic heterocycles. The van der Waals surface area contributed by atoms with Crippen LogP contribution in [0.3, 0.4) is 0 Å². The fourth-order valence-electron chi connectivity index (χ4n) is 2.03. The van der Waals surface area contributed by atoms with Crippen LogP contribution in [0.15, 0.2) is 24.3 Å². The number of nitrogens with two attached hydrogens (primary N) is 1. The predicted octanol–water partition coefficient (Wildman–Crippen LogP) is 2.29. The molecule has 0 aromatic heterocycles. The molecular formula is C16H21NO2S. The van der Waals surface area contributed by atoms with Crippen LogP contribution in [0.2, 0.25) is 0 Å². The van der Waals surface area contributed by atoms with Crippen molar-refractivity contribution < 1.29 is 9.47 Å². The third kappa shape index (κ3) is 5.46. The topological polar surface area (TPSA) is 44.5 Å². The smallest absolute Gasteiger partial charge is 0.120 e. The molecule has 20 heavy (non-hydrogen) atoms. The van der Waals surface area contributed by atoms with E-state index in [0.29, 0.717) is 19.3 Å². The van der Waals surface area contributed by atoms with Crippen LogP contribution in [0, 0.1) is 11.8 Å². The lowest BCUT2D eigenvalue weighted by Crippen LogP contribution is -2.10. The normalized spacial score (nSPS) is 17.6. The van der Waals surface area contributed by atoms with E-state index in [0.717, 1.165) is 29.4 Å². The van der Waals surface area contributed by atoms with Crippen LogP contribution in [-0.2, 0) is 4.74 Å². The van der Waals surface area contributed by atoms with E-state index in [1.807, 2.05) is 36.0 Å². The number of rotatable bonds is 6. The van der Waals surface area contributed by atoms with Gasteiger partial charge in [0.25, 0.3) is 0 Å². The molecule has 1 aliphatic rings. The van der Waals surface area contributed by atoms with Crippen LogP contribution in [-0.4, -0.2) is 37.4 Å². The van der Waals surface area contributed by atoms with Gasteiger partial charge in [0, 0.05) is 23.7 Å². The Morgan fingerprint density at radius 1 is 1.45 bits per heavy atom. The Balaban J connectivity index is 1.65. The summed E-state index contributed by atoms with van der Waals surface area (Å²) in [7, 11) is 0. The zero-order valence-electron chi connectivity index (χ0n) is 11.6. The minimum atomic E-state index is 0.380. The summed E-state index contributed by atoms with van der Waals surface area (Å²) >= 11 is 1.89. The molecule has 0 saturated carbocycles. The number of benzene rings is 1. The maximum Gasteiger partial charge on any atom is 0.120 e. The third-order valence-electron chi connectivity index (χ3n) is 2.99. The van der Waals surface area contributed by atoms with E-state index in [9.17, 15) is 0 Å². The van der Waals surface area contributed by atoms with E-state index in [-0.39, 0.29) is 0 Å². The number of thioether (sulfide) groups is 1. The molecule has 0 aliphatic carbocycles. The molecule has 1 aromatic rings. The van der Waals surface area contributed by atoms with Crippen LogP contribution < -0.4 is 10.5 Å². The highest BCUT2D eigenvalue weighted by Gasteiger charge is 2.14. The van der Waals surface area contributed by atoms with Crippen molar-refractivity contribution in [2.45, 2.75) is 18.9 Å². The van der Waals surface area contributed by atoms with Crippen molar-refractivity contribution >= 4 is 11.8 Å². The van der Waals surface area contributed by atoms with Crippen molar-refractivity contribution in [1.82, 2.24) is 0 Å². The molecule has 3 nitrogen and oxygen atoms in total. The molecule has 0 bridgehead atoms. The molecule has 1 unspecified atom stereocenters. The SMILES string of the molecule is NCC#Cc1cccc(OCCSCC2CCCO2)c1. The highest BCUT2D eigenvalue weighted by molar-refractivity contribution is 7.99. The molecule has 1 heterocycles. The van der Waals surface area contributed by atoms with Gasteiger partial charge in [-0.3, -0.25) is 0 Å². The highest BCUT2D eigenvalue weighted by Crippen LogP contribution is 2.17. The molecule has 4 heteroatoms. The third-order valence-corrected chi connectivity index (χ3v) is 4.06. The molecule has 108 valence electrons. The summed E-state index contributed by atoms with van der Waals surface area (Å²) in [6, 6.07) is 7.82. The number of hydrogen-bond donors (Lipinski definition) is 1. The second kappa shape index (κ2) is 8.91. The van der Waals surface area contributed by atoms with Gasteiger partial charge in [0.1, 0.15) is 5.75 Å². The van der Waals surface area contributed by atoms with Crippen molar-refractivity contribution in [3.05, 3.63) is 29.8 Å². The molecule has 1 atom stereocenters. The summed E-state index contributed by atoms with van der Waals surface area (Å²) in [6.45, 7) is 2.02. The summed E-state index contributed by atoms with van der Waals surface area (Å²) in [5, 5.41) is 0. The van der Waals surface area contributed by atoms with Gasteiger partial charge >= 0.3 is 0 Å². The monoisotopic (exact) mass is 291 g/mol. The molecule has 1 aromatic carbocycles. The van der Waals surface area contributed by atoms with E-state index in [1.165, 1.54) is 12.8 Å². The standard InChI is InChI=1S/C16H21NO2S/c17-8-2-5-14-4-1-6-15(12-14)19-10-11-20-13-16-7-3-9-18-16/h1,4,6,12,16H,3,7-11,13,17H2. The molecule has 0 amide bonds. The van der Waals surface area contributed by atoms with E-state index in [1.54, 1.807) is 0 Å². The Morgan fingerprint density at radius 3 is 3.20 bits per heavy atom. The summed E-state index contributed by atoms with van der Waals surface area (Å²) in [6.07, 6.45) is 2.86. The summed E-state index contributed by atoms with van der Waals surface area (Å²) < 4.78 is 11.3. The van der Waals surface area contributed by atoms with Gasteiger partial charge in [0.15, 0.2) is 0 Å². The molecule has 0 spiro atoms. The van der Waals surface area contributed by atoms with Crippen LogP contribution in [0.25, 0.3) is 0 Å². The van der Waals surface area contributed by atoms with E-state index < -0.39 is 0 Å². The average Bonchev–Trinajstić information content (AvgIpc) is 2.98. The van der Waals surface area contributed by atoms with Gasteiger partial charge in [0.2, 0.25) is 0 Å². The Bertz CT molecular complexity index is 461. The molecular weight excluding hydrogens is 270 g/mol. The van der Waals surface area contributed by atoms with Gasteiger partial charge in [-0.1, -0.05) is 17.9 Å². The highest BCUT2D eigenvalue weighted by atomic mass is 32.2. The van der Waals surface area contributed by atoms with Crippen molar-refractivity contribution in [2.24, 2.45) is 5.73 Å². The zero-order valence-corrected chi connectivity index (χ0v) is 12.5. The van der Waals surface area contributed by atoms with Gasteiger partial charge in [0.05, 0.1) is 19.3 Å². The summed E-state index contributed by atoms with van der Waals surface area (Å²) in [5.74, 6) is 8.78. The van der Waals surface area contributed by atoms with Crippen molar-refractivity contribution in [2.75, 3.05) is 31.3 Å². The first-order valence-electron chi connectivity index (χ1n) is 6.99. The first kappa shape index (κ1) is 15.2. The molecule has 1 saturated heterocycles. The van der Waals surface area contributed by atoms with Gasteiger partial charge in [-0.25, -0.2) is 0 Å². The average molecular weight is 291 g/mol. The van der Waals surface area contributed by atoms with Crippen LogP contribution in [0.4, 0.5) is 0 Å². The lowest BCUT2D eigenvalue weighted by molar-refractivity contribution is 0.129. The van der Waals surface area contributed by atoms with Crippen molar-refractivity contribution in [1.29, 1.82) is 0 Å². The molecule has 2 rings (SSSR count). The second-order valence-electron chi connectivity index (χ2n) is 4.59. The molecule has 0 radical (unpaired) electrons. The van der Waals surface area contributed by atoms with Gasteiger partial charge < -0.3 is 15.2 Å². The predicted molar refractivity (Wildman–Crippen MR) is 84.2 cm³/mol.